The highest BCUT2D eigenvalue weighted by Crippen LogP contribution is 2.04. The Morgan fingerprint density at radius 1 is 1.00 bits per heavy atom. The number of nitrogens with two attached hydrogens (primary N) is 2. The van der Waals surface area contributed by atoms with E-state index >= 15 is 0 Å². The first-order valence-corrected chi connectivity index (χ1v) is 9.61. The second-order valence-electron chi connectivity index (χ2n) is 5.74. The van der Waals surface area contributed by atoms with Gasteiger partial charge in [-0.2, -0.15) is 11.8 Å². The van der Waals surface area contributed by atoms with Gasteiger partial charge in [0.2, 0.25) is 23.6 Å². The van der Waals surface area contributed by atoms with Crippen LogP contribution in [0.3, 0.4) is 0 Å². The molecule has 154 valence electrons. The van der Waals surface area contributed by atoms with Gasteiger partial charge in [0, 0.05) is 6.42 Å². The molecule has 0 saturated heterocycles. The van der Waals surface area contributed by atoms with Crippen LogP contribution in [0.5, 0.6) is 0 Å². The van der Waals surface area contributed by atoms with Crippen LogP contribution in [0.1, 0.15) is 26.2 Å². The standard InChI is InChI=1S/C15H27N5O6S/c1-8(18-12(22)7-16)13(23)19-9(5-6-27-2)14(24)20-10(15(25)26)3-4-11(17)21/h8-10H,3-7,16H2,1-2H3,(H2,17,21)(H,18,22)(H,19,23)(H,20,24)(H,25,26). The van der Waals surface area contributed by atoms with Crippen molar-refractivity contribution in [3.8, 4) is 0 Å². The van der Waals surface area contributed by atoms with E-state index < -0.39 is 47.7 Å². The fourth-order valence-corrected chi connectivity index (χ4v) is 2.45. The Labute approximate surface area is 161 Å². The molecule has 0 heterocycles. The summed E-state index contributed by atoms with van der Waals surface area (Å²) in [6.07, 6.45) is 1.69. The van der Waals surface area contributed by atoms with Crippen LogP contribution in [-0.4, -0.2) is 71.4 Å². The van der Waals surface area contributed by atoms with Crippen molar-refractivity contribution in [3.05, 3.63) is 0 Å². The minimum absolute atomic E-state index is 0.164. The SMILES string of the molecule is CSCCC(NC(=O)C(C)NC(=O)CN)C(=O)NC(CCC(N)=O)C(=O)O. The molecule has 0 radical (unpaired) electrons. The minimum atomic E-state index is -1.32. The lowest BCUT2D eigenvalue weighted by atomic mass is 10.1. The summed E-state index contributed by atoms with van der Waals surface area (Å²) in [5, 5.41) is 16.3. The summed E-state index contributed by atoms with van der Waals surface area (Å²) in [6.45, 7) is 1.15. The second kappa shape index (κ2) is 12.9. The summed E-state index contributed by atoms with van der Waals surface area (Å²) >= 11 is 1.44. The highest BCUT2D eigenvalue weighted by atomic mass is 32.2. The molecule has 0 saturated carbocycles. The first-order chi connectivity index (χ1) is 12.6. The van der Waals surface area contributed by atoms with Crippen molar-refractivity contribution >= 4 is 41.4 Å². The molecule has 3 atom stereocenters. The smallest absolute Gasteiger partial charge is 0.326 e. The number of aliphatic carboxylic acids is 1. The Morgan fingerprint density at radius 3 is 2.07 bits per heavy atom. The molecule has 12 heteroatoms. The number of thioether (sulfide) groups is 1. The van der Waals surface area contributed by atoms with E-state index in [9.17, 15) is 29.1 Å². The third kappa shape index (κ3) is 10.4. The van der Waals surface area contributed by atoms with E-state index in [-0.39, 0.29) is 25.8 Å². The molecular formula is C15H27N5O6S. The number of primary amides is 1. The largest absolute Gasteiger partial charge is 0.480 e. The lowest BCUT2D eigenvalue weighted by Gasteiger charge is -2.23. The number of carbonyl (C=O) groups is 5. The van der Waals surface area contributed by atoms with Crippen molar-refractivity contribution in [1.82, 2.24) is 16.0 Å². The Bertz CT molecular complexity index is 559. The van der Waals surface area contributed by atoms with Crippen molar-refractivity contribution in [2.45, 2.75) is 44.3 Å². The average Bonchev–Trinajstić information content (AvgIpc) is 2.60. The molecule has 0 rings (SSSR count). The predicted molar refractivity (Wildman–Crippen MR) is 99.6 cm³/mol. The molecular weight excluding hydrogens is 378 g/mol. The number of amides is 4. The van der Waals surface area contributed by atoms with E-state index in [1.165, 1.54) is 18.7 Å². The van der Waals surface area contributed by atoms with Gasteiger partial charge in [0.25, 0.3) is 0 Å². The Hall–Kier alpha value is -2.34. The fraction of sp³-hybridized carbons (Fsp3) is 0.667. The summed E-state index contributed by atoms with van der Waals surface area (Å²) < 4.78 is 0. The molecule has 0 aliphatic carbocycles. The number of carbonyl (C=O) groups excluding carboxylic acids is 4. The van der Waals surface area contributed by atoms with Gasteiger partial charge in [0.05, 0.1) is 6.54 Å². The number of carboxylic acid groups (broad SMARTS) is 1. The van der Waals surface area contributed by atoms with Gasteiger partial charge >= 0.3 is 5.97 Å². The number of hydrogen-bond donors (Lipinski definition) is 6. The molecule has 3 unspecified atom stereocenters. The molecule has 11 nitrogen and oxygen atoms in total. The van der Waals surface area contributed by atoms with Crippen molar-refractivity contribution in [2.75, 3.05) is 18.6 Å². The van der Waals surface area contributed by atoms with Crippen LogP contribution in [0.4, 0.5) is 0 Å². The molecule has 0 aromatic heterocycles. The number of hydrogen-bond acceptors (Lipinski definition) is 7. The topological polar surface area (TPSA) is 194 Å². The van der Waals surface area contributed by atoms with Crippen LogP contribution >= 0.6 is 11.8 Å². The third-order valence-electron chi connectivity index (χ3n) is 3.49. The van der Waals surface area contributed by atoms with Crippen molar-refractivity contribution in [2.24, 2.45) is 11.5 Å². The van der Waals surface area contributed by atoms with Gasteiger partial charge in [-0.3, -0.25) is 19.2 Å². The summed E-state index contributed by atoms with van der Waals surface area (Å²) in [6, 6.07) is -3.23. The van der Waals surface area contributed by atoms with Gasteiger partial charge in [-0.05, 0) is 31.8 Å². The first kappa shape index (κ1) is 24.7. The van der Waals surface area contributed by atoms with E-state index in [2.05, 4.69) is 16.0 Å². The lowest BCUT2D eigenvalue weighted by molar-refractivity contribution is -0.142. The van der Waals surface area contributed by atoms with Crippen LogP contribution in [0, 0.1) is 0 Å². The van der Waals surface area contributed by atoms with Gasteiger partial charge < -0.3 is 32.5 Å². The van der Waals surface area contributed by atoms with Crippen molar-refractivity contribution < 1.29 is 29.1 Å². The Kier molecular flexibility index (Phi) is 11.8. The first-order valence-electron chi connectivity index (χ1n) is 8.22. The van der Waals surface area contributed by atoms with E-state index in [0.717, 1.165) is 0 Å². The van der Waals surface area contributed by atoms with Gasteiger partial charge in [-0.25, -0.2) is 4.79 Å². The molecule has 0 aromatic carbocycles. The van der Waals surface area contributed by atoms with Crippen LogP contribution in [0.25, 0.3) is 0 Å². The summed E-state index contributed by atoms with van der Waals surface area (Å²) in [5.41, 5.74) is 10.2. The molecule has 0 aliphatic heterocycles. The highest BCUT2D eigenvalue weighted by molar-refractivity contribution is 7.98. The Morgan fingerprint density at radius 2 is 1.59 bits per heavy atom. The van der Waals surface area contributed by atoms with Crippen molar-refractivity contribution in [1.29, 1.82) is 0 Å². The Balaban J connectivity index is 5.00. The van der Waals surface area contributed by atoms with E-state index in [1.54, 1.807) is 0 Å². The van der Waals surface area contributed by atoms with E-state index in [0.29, 0.717) is 5.75 Å². The molecule has 4 amide bonds. The van der Waals surface area contributed by atoms with Gasteiger partial charge in [-0.1, -0.05) is 0 Å². The molecule has 8 N–H and O–H groups in total. The zero-order valence-corrected chi connectivity index (χ0v) is 16.1. The minimum Gasteiger partial charge on any atom is -0.480 e. The monoisotopic (exact) mass is 405 g/mol. The van der Waals surface area contributed by atoms with Crippen LogP contribution in [0.2, 0.25) is 0 Å². The average molecular weight is 405 g/mol. The van der Waals surface area contributed by atoms with Crippen LogP contribution in [0.15, 0.2) is 0 Å². The van der Waals surface area contributed by atoms with Gasteiger partial charge in [0.1, 0.15) is 18.1 Å². The molecule has 0 bridgehead atoms. The normalized spacial score (nSPS) is 13.7. The maximum absolute atomic E-state index is 12.4. The second-order valence-corrected chi connectivity index (χ2v) is 6.73. The molecule has 0 spiro atoms. The zero-order chi connectivity index (χ0) is 21.0. The molecule has 0 fully saturated rings. The van der Waals surface area contributed by atoms with Crippen LogP contribution in [-0.2, 0) is 24.0 Å². The van der Waals surface area contributed by atoms with Crippen molar-refractivity contribution in [3.63, 3.8) is 0 Å². The fourth-order valence-electron chi connectivity index (χ4n) is 1.98. The molecule has 0 aliphatic rings. The summed E-state index contributed by atoms with van der Waals surface area (Å²) in [7, 11) is 0. The summed E-state index contributed by atoms with van der Waals surface area (Å²) in [5.74, 6) is -3.31. The highest BCUT2D eigenvalue weighted by Gasteiger charge is 2.28. The maximum Gasteiger partial charge on any atom is 0.326 e. The molecule has 0 aromatic rings. The maximum atomic E-state index is 12.4. The zero-order valence-electron chi connectivity index (χ0n) is 15.3. The van der Waals surface area contributed by atoms with Gasteiger partial charge in [0.15, 0.2) is 0 Å². The number of carboxylic acids is 1. The van der Waals surface area contributed by atoms with E-state index in [4.69, 9.17) is 11.5 Å². The molecule has 27 heavy (non-hydrogen) atoms. The summed E-state index contributed by atoms with van der Waals surface area (Å²) in [4.78, 5) is 57.9. The van der Waals surface area contributed by atoms with Crippen LogP contribution < -0.4 is 27.4 Å². The van der Waals surface area contributed by atoms with E-state index in [1.807, 2.05) is 6.26 Å². The van der Waals surface area contributed by atoms with Gasteiger partial charge in [-0.15, -0.1) is 0 Å². The lowest BCUT2D eigenvalue weighted by Crippen LogP contribution is -2.55. The number of rotatable bonds is 13. The third-order valence-corrected chi connectivity index (χ3v) is 4.14. The predicted octanol–water partition coefficient (Wildman–Crippen LogP) is -2.48. The number of nitrogens with one attached hydrogen (secondary N) is 3. The quantitative estimate of drug-likeness (QED) is 0.194.